The van der Waals surface area contributed by atoms with Crippen molar-refractivity contribution in [3.63, 3.8) is 0 Å². The highest BCUT2D eigenvalue weighted by molar-refractivity contribution is 5.92. The predicted molar refractivity (Wildman–Crippen MR) is 83.9 cm³/mol. The van der Waals surface area contributed by atoms with Crippen LogP contribution in [0.3, 0.4) is 0 Å². The van der Waals surface area contributed by atoms with Gasteiger partial charge >= 0.3 is 5.97 Å². The summed E-state index contributed by atoms with van der Waals surface area (Å²) in [7, 11) is 0. The summed E-state index contributed by atoms with van der Waals surface area (Å²) in [5, 5.41) is 28.1. The Hall–Kier alpha value is -3.17. The minimum atomic E-state index is -1.12. The molecule has 0 fully saturated rings. The number of hydrogen-bond acceptors (Lipinski definition) is 4. The molecule has 6 nitrogen and oxygen atoms in total. The quantitative estimate of drug-likeness (QED) is 0.689. The van der Waals surface area contributed by atoms with Crippen LogP contribution in [0.5, 0.6) is 0 Å². The lowest BCUT2D eigenvalue weighted by Gasteiger charge is -2.11. The molecule has 0 radical (unpaired) electrons. The first-order chi connectivity index (χ1) is 11.0. The normalized spacial score (nSPS) is 10.7. The molecule has 1 aromatic heterocycles. The molecule has 0 amide bonds. The van der Waals surface area contributed by atoms with E-state index in [1.807, 2.05) is 25.1 Å². The van der Waals surface area contributed by atoms with E-state index in [-0.39, 0.29) is 17.7 Å². The van der Waals surface area contributed by atoms with Crippen LogP contribution < -0.4 is 0 Å². The number of fused-ring (bicyclic) bond motifs is 1. The van der Waals surface area contributed by atoms with Crippen LogP contribution >= 0.6 is 0 Å². The highest BCUT2D eigenvalue weighted by Crippen LogP contribution is 2.30. The summed E-state index contributed by atoms with van der Waals surface area (Å²) in [6.45, 7) is 1.50. The molecule has 0 unspecified atom stereocenters. The van der Waals surface area contributed by atoms with Crippen molar-refractivity contribution in [2.45, 2.75) is 13.5 Å². The van der Waals surface area contributed by atoms with Crippen molar-refractivity contribution >= 4 is 17.0 Å². The van der Waals surface area contributed by atoms with E-state index in [1.165, 1.54) is 12.1 Å². The van der Waals surface area contributed by atoms with Gasteiger partial charge in [-0.05, 0) is 42.3 Å². The van der Waals surface area contributed by atoms with E-state index < -0.39 is 5.97 Å². The highest BCUT2D eigenvalue weighted by Gasteiger charge is 2.16. The van der Waals surface area contributed by atoms with Crippen LogP contribution in [0.4, 0.5) is 0 Å². The minimum Gasteiger partial charge on any atom is -0.478 e. The van der Waals surface area contributed by atoms with Crippen LogP contribution in [0.15, 0.2) is 30.3 Å². The molecule has 0 aliphatic heterocycles. The zero-order valence-electron chi connectivity index (χ0n) is 12.3. The van der Waals surface area contributed by atoms with E-state index in [2.05, 4.69) is 9.97 Å². The molecule has 3 N–H and O–H groups in total. The molecule has 0 aliphatic rings. The van der Waals surface area contributed by atoms with Gasteiger partial charge in [0, 0.05) is 5.56 Å². The number of carboxylic acids is 1. The van der Waals surface area contributed by atoms with Gasteiger partial charge in [0.15, 0.2) is 0 Å². The maximum Gasteiger partial charge on any atom is 0.335 e. The van der Waals surface area contributed by atoms with E-state index in [4.69, 9.17) is 0 Å². The Balaban J connectivity index is 2.29. The number of hydrogen-bond donors (Lipinski definition) is 3. The van der Waals surface area contributed by atoms with Crippen LogP contribution in [0, 0.1) is 18.3 Å². The Labute approximate surface area is 131 Å². The van der Waals surface area contributed by atoms with Gasteiger partial charge < -0.3 is 15.2 Å². The average molecular weight is 307 g/mol. The number of aromatic nitrogens is 2. The van der Waals surface area contributed by atoms with Crippen molar-refractivity contribution in [2.75, 3.05) is 0 Å². The molecule has 0 saturated heterocycles. The molecule has 23 heavy (non-hydrogen) atoms. The highest BCUT2D eigenvalue weighted by atomic mass is 16.4. The third-order valence-electron chi connectivity index (χ3n) is 3.69. The van der Waals surface area contributed by atoms with Gasteiger partial charge in [-0.25, -0.2) is 9.78 Å². The van der Waals surface area contributed by atoms with Gasteiger partial charge in [0.05, 0.1) is 34.8 Å². The number of carboxylic acid groups (broad SMARTS) is 1. The lowest BCUT2D eigenvalue weighted by molar-refractivity contribution is 0.0697. The number of aromatic amines is 1. The Kier molecular flexibility index (Phi) is 3.56. The van der Waals surface area contributed by atoms with Crippen LogP contribution in [0.25, 0.3) is 22.2 Å². The fourth-order valence-corrected chi connectivity index (χ4v) is 2.63. The zero-order chi connectivity index (χ0) is 16.6. The smallest absolute Gasteiger partial charge is 0.335 e. The van der Waals surface area contributed by atoms with Crippen molar-refractivity contribution in [2.24, 2.45) is 0 Å². The fourth-order valence-electron chi connectivity index (χ4n) is 2.63. The number of aryl methyl sites for hydroxylation is 1. The molecule has 3 aromatic rings. The Morgan fingerprint density at radius 2 is 2.13 bits per heavy atom. The maximum absolute atomic E-state index is 11.3. The van der Waals surface area contributed by atoms with E-state index in [0.29, 0.717) is 16.7 Å². The molecule has 3 rings (SSSR count). The molecule has 2 aromatic carbocycles. The van der Waals surface area contributed by atoms with Gasteiger partial charge in [0.25, 0.3) is 0 Å². The van der Waals surface area contributed by atoms with Crippen molar-refractivity contribution in [3.8, 4) is 17.2 Å². The number of imidazole rings is 1. The van der Waals surface area contributed by atoms with Gasteiger partial charge in [0.1, 0.15) is 5.82 Å². The number of aliphatic hydroxyl groups is 1. The fraction of sp³-hybridized carbons (Fsp3) is 0.118. The molecule has 0 atom stereocenters. The molecule has 0 spiro atoms. The molecule has 6 heteroatoms. The van der Waals surface area contributed by atoms with Crippen molar-refractivity contribution in [3.05, 3.63) is 52.8 Å². The largest absolute Gasteiger partial charge is 0.478 e. The standard InChI is InChI=1S/C17H13N3O3/c1-9-19-15-3-2-10(6-16(15)20-9)13-5-11(17(22)23)4-12(7-18)14(13)8-21/h2-6,21H,8H2,1H3,(H,19,20)(H,22,23). The number of rotatable bonds is 3. The predicted octanol–water partition coefficient (Wildman–Crippen LogP) is 2.60. The summed E-state index contributed by atoms with van der Waals surface area (Å²) < 4.78 is 0. The van der Waals surface area contributed by atoms with Crippen LogP contribution in [0.1, 0.15) is 27.3 Å². The lowest BCUT2D eigenvalue weighted by Crippen LogP contribution is -2.02. The van der Waals surface area contributed by atoms with Crippen molar-refractivity contribution < 1.29 is 15.0 Å². The number of nitrogens with one attached hydrogen (secondary N) is 1. The van der Waals surface area contributed by atoms with E-state index >= 15 is 0 Å². The lowest BCUT2D eigenvalue weighted by atomic mass is 9.93. The second kappa shape index (κ2) is 5.55. The second-order valence-corrected chi connectivity index (χ2v) is 5.18. The number of nitrogens with zero attached hydrogens (tertiary/aromatic N) is 2. The first-order valence-electron chi connectivity index (χ1n) is 6.91. The molecule has 0 bridgehead atoms. The summed E-state index contributed by atoms with van der Waals surface area (Å²) >= 11 is 0. The van der Waals surface area contributed by atoms with Gasteiger partial charge in [-0.1, -0.05) is 6.07 Å². The van der Waals surface area contributed by atoms with Crippen LogP contribution in [0.2, 0.25) is 0 Å². The summed E-state index contributed by atoms with van der Waals surface area (Å²) in [5.41, 5.74) is 3.42. The Morgan fingerprint density at radius 3 is 2.78 bits per heavy atom. The molecule has 114 valence electrons. The SMILES string of the molecule is Cc1nc2ccc(-c3cc(C(=O)O)cc(C#N)c3CO)cc2[nH]1. The zero-order valence-corrected chi connectivity index (χ0v) is 12.3. The third-order valence-corrected chi connectivity index (χ3v) is 3.69. The van der Waals surface area contributed by atoms with Crippen molar-refractivity contribution in [1.82, 2.24) is 9.97 Å². The topological polar surface area (TPSA) is 110 Å². The molecular weight excluding hydrogens is 294 g/mol. The molecule has 1 heterocycles. The number of nitriles is 1. The summed E-state index contributed by atoms with van der Waals surface area (Å²) in [6, 6.07) is 10.1. The Morgan fingerprint density at radius 1 is 1.35 bits per heavy atom. The summed E-state index contributed by atoms with van der Waals surface area (Å²) in [5.74, 6) is -0.345. The molecule has 0 saturated carbocycles. The average Bonchev–Trinajstić information content (AvgIpc) is 2.92. The number of carbonyl (C=O) groups is 1. The first-order valence-corrected chi connectivity index (χ1v) is 6.91. The van der Waals surface area contributed by atoms with Gasteiger partial charge in [-0.3, -0.25) is 0 Å². The van der Waals surface area contributed by atoms with Crippen LogP contribution in [-0.4, -0.2) is 26.2 Å². The van der Waals surface area contributed by atoms with E-state index in [9.17, 15) is 20.3 Å². The van der Waals surface area contributed by atoms with Crippen LogP contribution in [-0.2, 0) is 6.61 Å². The number of aliphatic hydroxyl groups excluding tert-OH is 1. The van der Waals surface area contributed by atoms with Crippen molar-refractivity contribution in [1.29, 1.82) is 5.26 Å². The van der Waals surface area contributed by atoms with E-state index in [0.717, 1.165) is 16.9 Å². The monoisotopic (exact) mass is 307 g/mol. The summed E-state index contributed by atoms with van der Waals surface area (Å²) in [4.78, 5) is 18.7. The molecule has 0 aliphatic carbocycles. The number of aromatic carboxylic acids is 1. The first kappa shape index (κ1) is 14.8. The van der Waals surface area contributed by atoms with Gasteiger partial charge in [0.2, 0.25) is 0 Å². The van der Waals surface area contributed by atoms with Gasteiger partial charge in [-0.15, -0.1) is 0 Å². The number of H-pyrrole nitrogens is 1. The molecular formula is C17H13N3O3. The third kappa shape index (κ3) is 2.54. The van der Waals surface area contributed by atoms with E-state index in [1.54, 1.807) is 6.07 Å². The second-order valence-electron chi connectivity index (χ2n) is 5.18. The maximum atomic E-state index is 11.3. The summed E-state index contributed by atoms with van der Waals surface area (Å²) in [6.07, 6.45) is 0. The number of benzene rings is 2. The minimum absolute atomic E-state index is 0.00892. The van der Waals surface area contributed by atoms with Gasteiger partial charge in [-0.2, -0.15) is 5.26 Å². The Bertz CT molecular complexity index is 967.